The fourth-order valence-electron chi connectivity index (χ4n) is 2.53. The van der Waals surface area contributed by atoms with Crippen LogP contribution in [-0.2, 0) is 16.6 Å². The zero-order chi connectivity index (χ0) is 17.2. The number of carboxylic acids is 1. The predicted molar refractivity (Wildman–Crippen MR) is 86.7 cm³/mol. The minimum absolute atomic E-state index is 0.148. The summed E-state index contributed by atoms with van der Waals surface area (Å²) in [4.78, 5) is 11.3. The van der Waals surface area contributed by atoms with Crippen molar-refractivity contribution in [2.45, 2.75) is 32.6 Å². The van der Waals surface area contributed by atoms with Crippen molar-refractivity contribution in [1.82, 2.24) is 9.78 Å². The van der Waals surface area contributed by atoms with Crippen LogP contribution >= 0.6 is 0 Å². The Labute approximate surface area is 135 Å². The van der Waals surface area contributed by atoms with E-state index in [1.54, 1.807) is 11.8 Å². The quantitative estimate of drug-likeness (QED) is 0.917. The highest BCUT2D eigenvalue weighted by Gasteiger charge is 2.29. The van der Waals surface area contributed by atoms with E-state index in [2.05, 4.69) is 5.10 Å². The molecule has 1 N–H and O–H groups in total. The van der Waals surface area contributed by atoms with Crippen LogP contribution in [0.1, 0.15) is 32.0 Å². The van der Waals surface area contributed by atoms with Gasteiger partial charge in [0.2, 0.25) is 5.88 Å². The third-order valence-electron chi connectivity index (χ3n) is 3.48. The van der Waals surface area contributed by atoms with Crippen molar-refractivity contribution in [1.29, 1.82) is 0 Å². The first kappa shape index (κ1) is 16.9. The lowest BCUT2D eigenvalue weighted by atomic mass is 9.88. The number of carbonyl (C=O) groups is 1. The van der Waals surface area contributed by atoms with Crippen LogP contribution in [0.25, 0.3) is 5.69 Å². The van der Waals surface area contributed by atoms with Crippen LogP contribution in [0.2, 0.25) is 0 Å². The van der Waals surface area contributed by atoms with Gasteiger partial charge >= 0.3 is 5.97 Å². The molecule has 0 unspecified atom stereocenters. The first-order chi connectivity index (χ1) is 10.8. The molecule has 2 aromatic rings. The average molecular weight is 318 g/mol. The van der Waals surface area contributed by atoms with Crippen molar-refractivity contribution in [3.05, 3.63) is 35.5 Å². The van der Waals surface area contributed by atoms with E-state index in [1.807, 2.05) is 45.0 Å². The van der Waals surface area contributed by atoms with Gasteiger partial charge in [-0.05, 0) is 12.1 Å². The number of nitrogens with zero attached hydrogens (tertiary/aromatic N) is 2. The highest BCUT2D eigenvalue weighted by Crippen LogP contribution is 2.35. The molecule has 0 amide bonds. The first-order valence-corrected chi connectivity index (χ1v) is 7.31. The van der Waals surface area contributed by atoms with E-state index < -0.39 is 5.97 Å². The standard InChI is InChI=1S/C17H22N2O4/c1-17(2,3)15-11(10-14(20)21)16(23-5)19(18-15)12-8-6-7-9-13(12)22-4/h6-9H,10H2,1-5H3,(H,20,21). The van der Waals surface area contributed by atoms with Crippen molar-refractivity contribution in [3.63, 3.8) is 0 Å². The van der Waals surface area contributed by atoms with E-state index in [1.165, 1.54) is 7.11 Å². The van der Waals surface area contributed by atoms with E-state index in [0.29, 0.717) is 28.6 Å². The molecule has 0 spiro atoms. The van der Waals surface area contributed by atoms with Crippen LogP contribution in [0.15, 0.2) is 24.3 Å². The molecular weight excluding hydrogens is 296 g/mol. The molecule has 0 bridgehead atoms. The smallest absolute Gasteiger partial charge is 0.308 e. The normalized spacial score (nSPS) is 11.3. The van der Waals surface area contributed by atoms with E-state index in [4.69, 9.17) is 9.47 Å². The number of aliphatic carboxylic acids is 1. The molecule has 23 heavy (non-hydrogen) atoms. The molecule has 1 aromatic carbocycles. The highest BCUT2D eigenvalue weighted by atomic mass is 16.5. The Morgan fingerprint density at radius 3 is 2.39 bits per heavy atom. The minimum Gasteiger partial charge on any atom is -0.494 e. The van der Waals surface area contributed by atoms with E-state index in [9.17, 15) is 9.90 Å². The lowest BCUT2D eigenvalue weighted by molar-refractivity contribution is -0.136. The summed E-state index contributed by atoms with van der Waals surface area (Å²) in [6.07, 6.45) is -0.148. The van der Waals surface area contributed by atoms with Crippen molar-refractivity contribution in [2.75, 3.05) is 14.2 Å². The summed E-state index contributed by atoms with van der Waals surface area (Å²) >= 11 is 0. The largest absolute Gasteiger partial charge is 0.494 e. The molecule has 0 fully saturated rings. The van der Waals surface area contributed by atoms with Gasteiger partial charge in [-0.2, -0.15) is 9.78 Å². The number of hydrogen-bond acceptors (Lipinski definition) is 4. The monoisotopic (exact) mass is 318 g/mol. The number of methoxy groups -OCH3 is 2. The molecule has 0 saturated carbocycles. The Hall–Kier alpha value is -2.50. The second kappa shape index (κ2) is 6.32. The Kier molecular flexibility index (Phi) is 4.63. The molecule has 0 aliphatic carbocycles. The summed E-state index contributed by atoms with van der Waals surface area (Å²) in [7, 11) is 3.10. The van der Waals surface area contributed by atoms with Gasteiger partial charge in [-0.3, -0.25) is 4.79 Å². The number of ether oxygens (including phenoxy) is 2. The summed E-state index contributed by atoms with van der Waals surface area (Å²) in [6.45, 7) is 5.98. The SMILES string of the molecule is COc1ccccc1-n1nc(C(C)(C)C)c(CC(=O)O)c1OC. The molecule has 6 heteroatoms. The molecule has 124 valence electrons. The molecule has 2 rings (SSSR count). The van der Waals surface area contributed by atoms with Gasteiger partial charge in [0.15, 0.2) is 0 Å². The maximum atomic E-state index is 11.3. The van der Waals surface area contributed by atoms with Crippen LogP contribution in [0.3, 0.4) is 0 Å². The van der Waals surface area contributed by atoms with Gasteiger partial charge < -0.3 is 14.6 Å². The molecule has 0 aliphatic rings. The van der Waals surface area contributed by atoms with Crippen LogP contribution in [0, 0.1) is 0 Å². The van der Waals surface area contributed by atoms with Gasteiger partial charge in [-0.1, -0.05) is 32.9 Å². The summed E-state index contributed by atoms with van der Waals surface area (Å²) in [5, 5.41) is 13.9. The third kappa shape index (κ3) is 3.31. The number of hydrogen-bond donors (Lipinski definition) is 1. The van der Waals surface area contributed by atoms with Crippen LogP contribution in [0.4, 0.5) is 0 Å². The second-order valence-electron chi connectivity index (χ2n) is 6.24. The molecule has 0 saturated heterocycles. The van der Waals surface area contributed by atoms with E-state index in [-0.39, 0.29) is 11.8 Å². The summed E-state index contributed by atoms with van der Waals surface area (Å²) in [5.41, 5.74) is 1.67. The summed E-state index contributed by atoms with van der Waals surface area (Å²) in [6, 6.07) is 7.41. The zero-order valence-corrected chi connectivity index (χ0v) is 14.1. The topological polar surface area (TPSA) is 73.6 Å². The Morgan fingerprint density at radius 1 is 1.22 bits per heavy atom. The van der Waals surface area contributed by atoms with Gasteiger partial charge in [0.1, 0.15) is 11.4 Å². The fourth-order valence-corrected chi connectivity index (χ4v) is 2.53. The Morgan fingerprint density at radius 2 is 1.87 bits per heavy atom. The third-order valence-corrected chi connectivity index (χ3v) is 3.48. The Balaban J connectivity index is 2.74. The molecule has 1 aromatic heterocycles. The molecule has 1 heterocycles. The van der Waals surface area contributed by atoms with Gasteiger partial charge in [0.05, 0.1) is 26.3 Å². The fraction of sp³-hybridized carbons (Fsp3) is 0.412. The van der Waals surface area contributed by atoms with Gasteiger partial charge in [-0.15, -0.1) is 0 Å². The van der Waals surface area contributed by atoms with Crippen molar-refractivity contribution < 1.29 is 19.4 Å². The van der Waals surface area contributed by atoms with Crippen molar-refractivity contribution in [2.24, 2.45) is 0 Å². The van der Waals surface area contributed by atoms with Crippen molar-refractivity contribution >= 4 is 5.97 Å². The lowest BCUT2D eigenvalue weighted by Gasteiger charge is -2.16. The Bertz CT molecular complexity index is 714. The maximum Gasteiger partial charge on any atom is 0.308 e. The molecule has 0 radical (unpaired) electrons. The second-order valence-corrected chi connectivity index (χ2v) is 6.24. The minimum atomic E-state index is -0.923. The number of rotatable bonds is 5. The molecule has 0 atom stereocenters. The lowest BCUT2D eigenvalue weighted by Crippen LogP contribution is -2.16. The zero-order valence-electron chi connectivity index (χ0n) is 14.1. The van der Waals surface area contributed by atoms with Crippen LogP contribution in [-0.4, -0.2) is 35.1 Å². The van der Waals surface area contributed by atoms with Gasteiger partial charge in [0.25, 0.3) is 0 Å². The maximum absolute atomic E-state index is 11.3. The molecule has 6 nitrogen and oxygen atoms in total. The van der Waals surface area contributed by atoms with Crippen LogP contribution < -0.4 is 9.47 Å². The highest BCUT2D eigenvalue weighted by molar-refractivity contribution is 5.72. The number of carboxylic acid groups (broad SMARTS) is 1. The van der Waals surface area contributed by atoms with Crippen LogP contribution in [0.5, 0.6) is 11.6 Å². The summed E-state index contributed by atoms with van der Waals surface area (Å²) < 4.78 is 12.5. The number of para-hydroxylation sites is 2. The van der Waals surface area contributed by atoms with Crippen molar-refractivity contribution in [3.8, 4) is 17.3 Å². The molecular formula is C17H22N2O4. The summed E-state index contributed by atoms with van der Waals surface area (Å²) in [5.74, 6) is 0.130. The molecule has 0 aliphatic heterocycles. The average Bonchev–Trinajstić information content (AvgIpc) is 2.84. The van der Waals surface area contributed by atoms with E-state index >= 15 is 0 Å². The van der Waals surface area contributed by atoms with Gasteiger partial charge in [-0.25, -0.2) is 0 Å². The van der Waals surface area contributed by atoms with Gasteiger partial charge in [0, 0.05) is 11.0 Å². The number of aromatic nitrogens is 2. The van der Waals surface area contributed by atoms with E-state index in [0.717, 1.165) is 0 Å². The first-order valence-electron chi connectivity index (χ1n) is 7.31. The number of benzene rings is 1. The predicted octanol–water partition coefficient (Wildman–Crippen LogP) is 2.81.